The quantitative estimate of drug-likeness (QED) is 0.653. The van der Waals surface area contributed by atoms with E-state index in [0.29, 0.717) is 5.71 Å². The molecule has 0 aliphatic rings. The predicted octanol–water partition coefficient (Wildman–Crippen LogP) is 2.34. The zero-order valence-electron chi connectivity index (χ0n) is 12.1. The second kappa shape index (κ2) is 7.19. The Morgan fingerprint density at radius 2 is 2.00 bits per heavy atom. The summed E-state index contributed by atoms with van der Waals surface area (Å²) >= 11 is 0. The van der Waals surface area contributed by atoms with E-state index in [1.165, 1.54) is 5.56 Å². The number of aryl methyl sites for hydroxylation is 1. The first kappa shape index (κ1) is 14.7. The lowest BCUT2D eigenvalue weighted by atomic mass is 10.2. The van der Waals surface area contributed by atoms with Crippen LogP contribution in [0.1, 0.15) is 18.1 Å². The molecule has 2 N–H and O–H groups in total. The molecular weight excluding hydrogens is 264 g/mol. The van der Waals surface area contributed by atoms with E-state index >= 15 is 0 Å². The zero-order valence-corrected chi connectivity index (χ0v) is 12.1. The molecule has 0 radical (unpaired) electrons. The summed E-state index contributed by atoms with van der Waals surface area (Å²) in [6.45, 7) is 4.02. The monoisotopic (exact) mass is 282 g/mol. The minimum atomic E-state index is -0.196. The van der Waals surface area contributed by atoms with Gasteiger partial charge in [0.1, 0.15) is 0 Å². The largest absolute Gasteiger partial charge is 0.376 e. The van der Waals surface area contributed by atoms with Gasteiger partial charge in [0.15, 0.2) is 0 Å². The molecule has 0 spiro atoms. The molecule has 1 amide bonds. The van der Waals surface area contributed by atoms with Crippen LogP contribution in [-0.2, 0) is 4.79 Å². The van der Waals surface area contributed by atoms with Crippen molar-refractivity contribution in [2.24, 2.45) is 5.10 Å². The number of carbonyl (C=O) groups excluding carboxylic acids is 1. The molecule has 2 rings (SSSR count). The Kier molecular flexibility index (Phi) is 5.04. The van der Waals surface area contributed by atoms with Crippen LogP contribution in [0.15, 0.2) is 53.9 Å². The standard InChI is InChI=1S/C16H18N4O/c1-12-5-7-15(8-6-12)18-11-16(21)20-19-13(2)14-4-3-9-17-10-14/h3-10,18H,11H2,1-2H3,(H,20,21)/b19-13-. The number of hydrogen-bond acceptors (Lipinski definition) is 4. The minimum Gasteiger partial charge on any atom is -0.376 e. The maximum Gasteiger partial charge on any atom is 0.259 e. The van der Waals surface area contributed by atoms with E-state index in [1.54, 1.807) is 12.4 Å². The van der Waals surface area contributed by atoms with Gasteiger partial charge in [-0.2, -0.15) is 5.10 Å². The summed E-state index contributed by atoms with van der Waals surface area (Å²) in [5, 5.41) is 7.10. The van der Waals surface area contributed by atoms with Crippen molar-refractivity contribution in [1.29, 1.82) is 0 Å². The molecule has 2 aromatic rings. The predicted molar refractivity (Wildman–Crippen MR) is 84.3 cm³/mol. The fourth-order valence-electron chi connectivity index (χ4n) is 1.68. The van der Waals surface area contributed by atoms with Crippen molar-refractivity contribution in [2.45, 2.75) is 13.8 Å². The fourth-order valence-corrected chi connectivity index (χ4v) is 1.68. The molecule has 0 bridgehead atoms. The van der Waals surface area contributed by atoms with Gasteiger partial charge >= 0.3 is 0 Å². The Morgan fingerprint density at radius 3 is 2.67 bits per heavy atom. The zero-order chi connectivity index (χ0) is 15.1. The number of nitrogens with one attached hydrogen (secondary N) is 2. The summed E-state index contributed by atoms with van der Waals surface area (Å²) in [5.74, 6) is -0.196. The number of benzene rings is 1. The average molecular weight is 282 g/mol. The smallest absolute Gasteiger partial charge is 0.259 e. The van der Waals surface area contributed by atoms with Crippen molar-refractivity contribution in [3.63, 3.8) is 0 Å². The van der Waals surface area contributed by atoms with Gasteiger partial charge in [-0.25, -0.2) is 5.43 Å². The van der Waals surface area contributed by atoms with E-state index in [0.717, 1.165) is 11.3 Å². The average Bonchev–Trinajstić information content (AvgIpc) is 2.53. The molecule has 0 atom stereocenters. The van der Waals surface area contributed by atoms with Crippen molar-refractivity contribution >= 4 is 17.3 Å². The first-order valence-electron chi connectivity index (χ1n) is 6.69. The van der Waals surface area contributed by atoms with Crippen LogP contribution in [0.5, 0.6) is 0 Å². The Balaban J connectivity index is 1.83. The minimum absolute atomic E-state index is 0.173. The highest BCUT2D eigenvalue weighted by Gasteiger charge is 2.01. The SMILES string of the molecule is C/C(=N/NC(=O)CNc1ccc(C)cc1)c1cccnc1. The Labute approximate surface area is 124 Å². The molecule has 0 saturated heterocycles. The number of nitrogens with zero attached hydrogens (tertiary/aromatic N) is 2. The molecule has 0 saturated carbocycles. The first-order valence-corrected chi connectivity index (χ1v) is 6.69. The van der Waals surface area contributed by atoms with Crippen LogP contribution in [0.4, 0.5) is 5.69 Å². The first-order chi connectivity index (χ1) is 10.1. The summed E-state index contributed by atoms with van der Waals surface area (Å²) in [4.78, 5) is 15.7. The number of hydrazone groups is 1. The number of aromatic nitrogens is 1. The number of anilines is 1. The number of carbonyl (C=O) groups is 1. The molecule has 0 unspecified atom stereocenters. The Bertz CT molecular complexity index is 620. The molecule has 1 aromatic heterocycles. The van der Waals surface area contributed by atoms with Gasteiger partial charge in [-0.05, 0) is 32.0 Å². The third-order valence-corrected chi connectivity index (χ3v) is 2.93. The third kappa shape index (κ3) is 4.72. The van der Waals surface area contributed by atoms with E-state index in [1.807, 2.05) is 50.2 Å². The lowest BCUT2D eigenvalue weighted by molar-refractivity contribution is -0.119. The van der Waals surface area contributed by atoms with Crippen molar-refractivity contribution in [1.82, 2.24) is 10.4 Å². The van der Waals surface area contributed by atoms with Crippen LogP contribution in [0.3, 0.4) is 0 Å². The number of amides is 1. The van der Waals surface area contributed by atoms with Crippen molar-refractivity contribution in [3.05, 3.63) is 59.9 Å². The van der Waals surface area contributed by atoms with Gasteiger partial charge in [0, 0.05) is 23.6 Å². The summed E-state index contributed by atoms with van der Waals surface area (Å²) in [6, 6.07) is 11.6. The molecule has 108 valence electrons. The molecule has 5 heteroatoms. The summed E-state index contributed by atoms with van der Waals surface area (Å²) in [6.07, 6.45) is 3.40. The van der Waals surface area contributed by atoms with E-state index in [-0.39, 0.29) is 12.5 Å². The maximum absolute atomic E-state index is 11.7. The molecule has 0 aliphatic heterocycles. The molecular formula is C16H18N4O. The second-order valence-corrected chi connectivity index (χ2v) is 4.69. The highest BCUT2D eigenvalue weighted by Crippen LogP contribution is 2.07. The number of hydrogen-bond donors (Lipinski definition) is 2. The summed E-state index contributed by atoms with van der Waals surface area (Å²) in [5.41, 5.74) is 6.20. The molecule has 21 heavy (non-hydrogen) atoms. The van der Waals surface area contributed by atoms with Gasteiger partial charge in [0.25, 0.3) is 5.91 Å². The van der Waals surface area contributed by atoms with Crippen molar-refractivity contribution < 1.29 is 4.79 Å². The number of rotatable bonds is 5. The highest BCUT2D eigenvalue weighted by atomic mass is 16.2. The van der Waals surface area contributed by atoms with Crippen LogP contribution in [-0.4, -0.2) is 23.1 Å². The van der Waals surface area contributed by atoms with Crippen LogP contribution in [0.2, 0.25) is 0 Å². The Morgan fingerprint density at radius 1 is 1.24 bits per heavy atom. The van der Waals surface area contributed by atoms with Crippen LogP contribution >= 0.6 is 0 Å². The van der Waals surface area contributed by atoms with Crippen molar-refractivity contribution in [3.8, 4) is 0 Å². The molecule has 1 heterocycles. The van der Waals surface area contributed by atoms with Gasteiger partial charge in [-0.1, -0.05) is 23.8 Å². The van der Waals surface area contributed by atoms with Gasteiger partial charge in [-0.3, -0.25) is 9.78 Å². The fraction of sp³-hybridized carbons (Fsp3) is 0.188. The highest BCUT2D eigenvalue weighted by molar-refractivity contribution is 5.99. The Hall–Kier alpha value is -2.69. The summed E-state index contributed by atoms with van der Waals surface area (Å²) < 4.78 is 0. The molecule has 0 fully saturated rings. The van der Waals surface area contributed by atoms with E-state index in [4.69, 9.17) is 0 Å². The number of pyridine rings is 1. The van der Waals surface area contributed by atoms with Gasteiger partial charge < -0.3 is 5.32 Å². The van der Waals surface area contributed by atoms with E-state index in [9.17, 15) is 4.79 Å². The van der Waals surface area contributed by atoms with Crippen LogP contribution < -0.4 is 10.7 Å². The van der Waals surface area contributed by atoms with Gasteiger partial charge in [0.05, 0.1) is 12.3 Å². The normalized spacial score (nSPS) is 11.0. The van der Waals surface area contributed by atoms with Crippen molar-refractivity contribution in [2.75, 3.05) is 11.9 Å². The molecule has 5 nitrogen and oxygen atoms in total. The summed E-state index contributed by atoms with van der Waals surface area (Å²) in [7, 11) is 0. The topological polar surface area (TPSA) is 66.4 Å². The third-order valence-electron chi connectivity index (χ3n) is 2.93. The van der Waals surface area contributed by atoms with Crippen LogP contribution in [0.25, 0.3) is 0 Å². The second-order valence-electron chi connectivity index (χ2n) is 4.69. The molecule has 0 aliphatic carbocycles. The van der Waals surface area contributed by atoms with Gasteiger partial charge in [0.2, 0.25) is 0 Å². The van der Waals surface area contributed by atoms with Gasteiger partial charge in [-0.15, -0.1) is 0 Å². The lowest BCUT2D eigenvalue weighted by Crippen LogP contribution is -2.26. The van der Waals surface area contributed by atoms with E-state index in [2.05, 4.69) is 20.8 Å². The lowest BCUT2D eigenvalue weighted by Gasteiger charge is -2.06. The van der Waals surface area contributed by atoms with E-state index < -0.39 is 0 Å². The maximum atomic E-state index is 11.7. The molecule has 1 aromatic carbocycles. The van der Waals surface area contributed by atoms with Crippen LogP contribution in [0, 0.1) is 6.92 Å².